The molecule has 0 fully saturated rings. The van der Waals surface area contributed by atoms with Gasteiger partial charge in [-0.15, -0.1) is 11.3 Å². The van der Waals surface area contributed by atoms with Gasteiger partial charge in [0.1, 0.15) is 17.4 Å². The van der Waals surface area contributed by atoms with Gasteiger partial charge < -0.3 is 10.5 Å². The normalized spacial score (nSPS) is 10.5. The molecule has 106 valence electrons. The molecular formula is C17H16N2OS. The SMILES string of the molecule is Cc1ccc(-c2nc(COc3cccc(N)c3)cs2)cc1. The van der Waals surface area contributed by atoms with E-state index in [-0.39, 0.29) is 0 Å². The summed E-state index contributed by atoms with van der Waals surface area (Å²) in [5.74, 6) is 0.764. The summed E-state index contributed by atoms with van der Waals surface area (Å²) >= 11 is 1.63. The zero-order chi connectivity index (χ0) is 14.7. The lowest BCUT2D eigenvalue weighted by Gasteiger charge is -2.04. The van der Waals surface area contributed by atoms with Crippen molar-refractivity contribution in [2.45, 2.75) is 13.5 Å². The smallest absolute Gasteiger partial charge is 0.131 e. The molecule has 2 aromatic carbocycles. The number of nitrogen functional groups attached to an aromatic ring is 1. The van der Waals surface area contributed by atoms with E-state index in [1.807, 2.05) is 29.6 Å². The van der Waals surface area contributed by atoms with Crippen LogP contribution in [-0.4, -0.2) is 4.98 Å². The third-order valence-electron chi connectivity index (χ3n) is 3.10. The average Bonchev–Trinajstić information content (AvgIpc) is 2.95. The molecule has 0 aliphatic heterocycles. The number of thiazole rings is 1. The molecule has 3 nitrogen and oxygen atoms in total. The van der Waals surface area contributed by atoms with Crippen LogP contribution in [0.5, 0.6) is 5.75 Å². The molecule has 0 spiro atoms. The molecule has 0 bridgehead atoms. The Hall–Kier alpha value is -2.33. The topological polar surface area (TPSA) is 48.1 Å². The molecule has 21 heavy (non-hydrogen) atoms. The Bertz CT molecular complexity index is 735. The summed E-state index contributed by atoms with van der Waals surface area (Å²) < 4.78 is 5.71. The molecule has 3 aromatic rings. The van der Waals surface area contributed by atoms with E-state index in [0.717, 1.165) is 22.0 Å². The van der Waals surface area contributed by atoms with Crippen molar-refractivity contribution in [1.82, 2.24) is 4.98 Å². The standard InChI is InChI=1S/C17H16N2OS/c1-12-5-7-13(8-6-12)17-19-15(11-21-17)10-20-16-4-2-3-14(18)9-16/h2-9,11H,10,18H2,1H3. The Balaban J connectivity index is 1.69. The van der Waals surface area contributed by atoms with Gasteiger partial charge in [-0.2, -0.15) is 0 Å². The van der Waals surface area contributed by atoms with Gasteiger partial charge in [0.15, 0.2) is 0 Å². The minimum absolute atomic E-state index is 0.450. The maximum Gasteiger partial charge on any atom is 0.131 e. The highest BCUT2D eigenvalue weighted by atomic mass is 32.1. The Labute approximate surface area is 128 Å². The van der Waals surface area contributed by atoms with Crippen molar-refractivity contribution >= 4 is 17.0 Å². The van der Waals surface area contributed by atoms with Crippen LogP contribution in [0, 0.1) is 6.92 Å². The van der Waals surface area contributed by atoms with E-state index in [1.54, 1.807) is 11.3 Å². The number of hydrogen-bond donors (Lipinski definition) is 1. The molecule has 0 radical (unpaired) electrons. The lowest BCUT2D eigenvalue weighted by molar-refractivity contribution is 0.302. The highest BCUT2D eigenvalue weighted by Crippen LogP contribution is 2.25. The molecule has 2 N–H and O–H groups in total. The molecule has 0 aliphatic carbocycles. The number of aryl methyl sites for hydroxylation is 1. The van der Waals surface area contributed by atoms with E-state index in [9.17, 15) is 0 Å². The summed E-state index contributed by atoms with van der Waals surface area (Å²) in [6.07, 6.45) is 0. The van der Waals surface area contributed by atoms with Gasteiger partial charge in [0.2, 0.25) is 0 Å². The number of hydrogen-bond acceptors (Lipinski definition) is 4. The summed E-state index contributed by atoms with van der Waals surface area (Å²) in [5.41, 5.74) is 9.75. The van der Waals surface area contributed by atoms with Gasteiger partial charge in [-0.1, -0.05) is 35.9 Å². The lowest BCUT2D eigenvalue weighted by atomic mass is 10.2. The molecule has 4 heteroatoms. The van der Waals surface area contributed by atoms with Crippen LogP contribution in [0.1, 0.15) is 11.3 Å². The van der Waals surface area contributed by atoms with Gasteiger partial charge in [0, 0.05) is 22.7 Å². The van der Waals surface area contributed by atoms with E-state index in [4.69, 9.17) is 10.5 Å². The first kappa shape index (κ1) is 13.6. The van der Waals surface area contributed by atoms with E-state index >= 15 is 0 Å². The van der Waals surface area contributed by atoms with Gasteiger partial charge in [0.25, 0.3) is 0 Å². The quantitative estimate of drug-likeness (QED) is 0.731. The molecule has 1 heterocycles. The minimum Gasteiger partial charge on any atom is -0.487 e. The fourth-order valence-corrected chi connectivity index (χ4v) is 2.77. The number of nitrogens with zero attached hydrogens (tertiary/aromatic N) is 1. The first-order valence-corrected chi connectivity index (χ1v) is 7.58. The predicted octanol–water partition coefficient (Wildman–Crippen LogP) is 4.28. The Morgan fingerprint density at radius 3 is 2.71 bits per heavy atom. The Morgan fingerprint density at radius 1 is 1.14 bits per heavy atom. The number of benzene rings is 2. The van der Waals surface area contributed by atoms with Crippen LogP contribution >= 0.6 is 11.3 Å². The first-order valence-electron chi connectivity index (χ1n) is 6.70. The second-order valence-electron chi connectivity index (χ2n) is 4.87. The fraction of sp³-hybridized carbons (Fsp3) is 0.118. The van der Waals surface area contributed by atoms with E-state index in [2.05, 4.69) is 36.2 Å². The van der Waals surface area contributed by atoms with Crippen LogP contribution in [0.3, 0.4) is 0 Å². The maximum atomic E-state index is 5.73. The Morgan fingerprint density at radius 2 is 1.95 bits per heavy atom. The van der Waals surface area contributed by atoms with Crippen molar-refractivity contribution in [1.29, 1.82) is 0 Å². The molecular weight excluding hydrogens is 280 g/mol. The van der Waals surface area contributed by atoms with Crippen molar-refractivity contribution in [3.63, 3.8) is 0 Å². The zero-order valence-electron chi connectivity index (χ0n) is 11.7. The van der Waals surface area contributed by atoms with Crippen molar-refractivity contribution < 1.29 is 4.74 Å². The second-order valence-corrected chi connectivity index (χ2v) is 5.73. The third-order valence-corrected chi connectivity index (χ3v) is 4.04. The van der Waals surface area contributed by atoms with Crippen LogP contribution in [0.25, 0.3) is 10.6 Å². The van der Waals surface area contributed by atoms with E-state index < -0.39 is 0 Å². The van der Waals surface area contributed by atoms with E-state index in [1.165, 1.54) is 5.56 Å². The van der Waals surface area contributed by atoms with Crippen LogP contribution in [0.15, 0.2) is 53.9 Å². The molecule has 0 saturated carbocycles. The molecule has 0 saturated heterocycles. The first-order chi connectivity index (χ1) is 10.2. The lowest BCUT2D eigenvalue weighted by Crippen LogP contribution is -1.96. The minimum atomic E-state index is 0.450. The van der Waals surface area contributed by atoms with Gasteiger partial charge in [-0.05, 0) is 19.1 Å². The van der Waals surface area contributed by atoms with Gasteiger partial charge in [-0.3, -0.25) is 0 Å². The number of anilines is 1. The number of nitrogens with two attached hydrogens (primary N) is 1. The fourth-order valence-electron chi connectivity index (χ4n) is 1.96. The summed E-state index contributed by atoms with van der Waals surface area (Å²) in [6, 6.07) is 15.8. The largest absolute Gasteiger partial charge is 0.487 e. The number of ether oxygens (including phenoxy) is 1. The highest BCUT2D eigenvalue weighted by molar-refractivity contribution is 7.13. The van der Waals surface area contributed by atoms with Gasteiger partial charge >= 0.3 is 0 Å². The molecule has 1 aromatic heterocycles. The van der Waals surface area contributed by atoms with Crippen LogP contribution in [0.2, 0.25) is 0 Å². The van der Waals surface area contributed by atoms with Crippen LogP contribution in [-0.2, 0) is 6.61 Å². The molecule has 0 aliphatic rings. The van der Waals surface area contributed by atoms with Gasteiger partial charge in [-0.25, -0.2) is 4.98 Å². The maximum absolute atomic E-state index is 5.73. The van der Waals surface area contributed by atoms with Crippen molar-refractivity contribution in [3.8, 4) is 16.3 Å². The zero-order valence-corrected chi connectivity index (χ0v) is 12.6. The average molecular weight is 296 g/mol. The van der Waals surface area contributed by atoms with E-state index in [0.29, 0.717) is 12.3 Å². The third kappa shape index (κ3) is 3.41. The number of aromatic nitrogens is 1. The van der Waals surface area contributed by atoms with Crippen LogP contribution in [0.4, 0.5) is 5.69 Å². The summed E-state index contributed by atoms with van der Waals surface area (Å²) in [4.78, 5) is 4.61. The summed E-state index contributed by atoms with van der Waals surface area (Å²) in [5, 5.41) is 3.04. The summed E-state index contributed by atoms with van der Waals surface area (Å²) in [7, 11) is 0. The molecule has 0 unspecified atom stereocenters. The van der Waals surface area contributed by atoms with Crippen LogP contribution < -0.4 is 10.5 Å². The van der Waals surface area contributed by atoms with Gasteiger partial charge in [0.05, 0.1) is 5.69 Å². The van der Waals surface area contributed by atoms with Crippen molar-refractivity contribution in [3.05, 3.63) is 65.2 Å². The van der Waals surface area contributed by atoms with Crippen molar-refractivity contribution in [2.24, 2.45) is 0 Å². The molecule has 3 rings (SSSR count). The predicted molar refractivity (Wildman–Crippen MR) is 87.5 cm³/mol. The van der Waals surface area contributed by atoms with Crippen molar-refractivity contribution in [2.75, 3.05) is 5.73 Å². The highest BCUT2D eigenvalue weighted by Gasteiger charge is 2.05. The molecule has 0 atom stereocenters. The monoisotopic (exact) mass is 296 g/mol. The Kier molecular flexibility index (Phi) is 3.88. The second kappa shape index (κ2) is 5.97. The number of rotatable bonds is 4. The molecule has 0 amide bonds. The summed E-state index contributed by atoms with van der Waals surface area (Å²) in [6.45, 7) is 2.53.